The molecule has 0 atom stereocenters. The van der Waals surface area contributed by atoms with Crippen LogP contribution < -0.4 is 10.1 Å². The Morgan fingerprint density at radius 2 is 2.11 bits per heavy atom. The van der Waals surface area contributed by atoms with Crippen LogP contribution in [0, 0.1) is 5.82 Å². The monoisotopic (exact) mass is 392 g/mol. The molecule has 1 heterocycles. The second-order valence-corrected chi connectivity index (χ2v) is 7.64. The number of urea groups is 1. The van der Waals surface area contributed by atoms with Crippen molar-refractivity contribution in [3.05, 3.63) is 58.4 Å². The van der Waals surface area contributed by atoms with Gasteiger partial charge in [0, 0.05) is 28.6 Å². The van der Waals surface area contributed by atoms with E-state index >= 15 is 0 Å². The van der Waals surface area contributed by atoms with E-state index in [1.54, 1.807) is 29.2 Å². The Bertz CT molecular complexity index is 857. The van der Waals surface area contributed by atoms with Crippen molar-refractivity contribution in [2.24, 2.45) is 0 Å². The molecule has 3 rings (SSSR count). The van der Waals surface area contributed by atoms with E-state index in [-0.39, 0.29) is 11.8 Å². The van der Waals surface area contributed by atoms with E-state index in [4.69, 9.17) is 16.3 Å². The average Bonchev–Trinajstić information content (AvgIpc) is 2.81. The summed E-state index contributed by atoms with van der Waals surface area (Å²) in [5.74, 6) is 0.325. The fraction of sp³-hybridized carbons (Fsp3) is 0.350. The van der Waals surface area contributed by atoms with Gasteiger partial charge in [-0.15, -0.1) is 0 Å². The Labute approximate surface area is 162 Å². The summed E-state index contributed by atoms with van der Waals surface area (Å²) in [6.45, 7) is 5.39. The lowest BCUT2D eigenvalue weighted by molar-refractivity contribution is 0.185. The topological polar surface area (TPSA) is 61.8 Å². The Kier molecular flexibility index (Phi) is 5.46. The van der Waals surface area contributed by atoms with Crippen molar-refractivity contribution in [2.75, 3.05) is 19.7 Å². The average molecular weight is 393 g/mol. The van der Waals surface area contributed by atoms with Gasteiger partial charge in [0.1, 0.15) is 23.9 Å². The summed E-state index contributed by atoms with van der Waals surface area (Å²) >= 11 is 6.17. The molecule has 7 heteroatoms. The molecular formula is C20H22ClFN2O3. The number of ether oxygens (including phenoxy) is 1. The van der Waals surface area contributed by atoms with Gasteiger partial charge in [-0.2, -0.15) is 0 Å². The molecule has 0 aliphatic carbocycles. The van der Waals surface area contributed by atoms with Crippen LogP contribution in [0.2, 0.25) is 5.02 Å². The third kappa shape index (κ3) is 4.45. The highest BCUT2D eigenvalue weighted by Crippen LogP contribution is 2.30. The predicted molar refractivity (Wildman–Crippen MR) is 102 cm³/mol. The van der Waals surface area contributed by atoms with Crippen molar-refractivity contribution in [1.29, 1.82) is 0 Å². The van der Waals surface area contributed by atoms with Gasteiger partial charge >= 0.3 is 6.03 Å². The van der Waals surface area contributed by atoms with Crippen LogP contribution in [0.4, 0.5) is 9.18 Å². The van der Waals surface area contributed by atoms with E-state index in [0.717, 1.165) is 11.1 Å². The summed E-state index contributed by atoms with van der Waals surface area (Å²) in [5.41, 5.74) is 1.14. The van der Waals surface area contributed by atoms with Gasteiger partial charge in [-0.3, -0.25) is 0 Å². The van der Waals surface area contributed by atoms with Gasteiger partial charge in [-0.1, -0.05) is 31.5 Å². The molecule has 1 aliphatic heterocycles. The first-order valence-corrected chi connectivity index (χ1v) is 9.07. The van der Waals surface area contributed by atoms with Crippen LogP contribution in [0.1, 0.15) is 25.0 Å². The van der Waals surface area contributed by atoms with Crippen molar-refractivity contribution in [2.45, 2.75) is 25.8 Å². The maximum atomic E-state index is 13.3. The molecule has 2 N–H and O–H groups in total. The number of fused-ring (bicyclic) bond motifs is 1. The first kappa shape index (κ1) is 19.3. The number of halogens is 2. The number of phenols is 1. The number of aromatic hydroxyl groups is 1. The minimum Gasteiger partial charge on any atom is -0.508 e. The number of hydrogen-bond donors (Lipinski definition) is 2. The van der Waals surface area contributed by atoms with Crippen molar-refractivity contribution in [3.8, 4) is 11.5 Å². The molecule has 2 aromatic rings. The van der Waals surface area contributed by atoms with Crippen LogP contribution >= 0.6 is 11.6 Å². The standard InChI is InChI=1S/C20H22ClFN2O3/c1-20(2,16-6-4-14(22)9-17(16)21)12-23-19(26)24-7-8-27-18-10-15(25)5-3-13(18)11-24/h3-6,9-10,25H,7-8,11-12H2,1-2H3,(H,23,26). The zero-order valence-corrected chi connectivity index (χ0v) is 16.0. The first-order chi connectivity index (χ1) is 12.8. The van der Waals surface area contributed by atoms with Crippen molar-refractivity contribution in [3.63, 3.8) is 0 Å². The molecule has 0 radical (unpaired) electrons. The number of hydrogen-bond acceptors (Lipinski definition) is 3. The van der Waals surface area contributed by atoms with Gasteiger partial charge in [-0.25, -0.2) is 9.18 Å². The van der Waals surface area contributed by atoms with E-state index in [9.17, 15) is 14.3 Å². The maximum Gasteiger partial charge on any atom is 0.317 e. The smallest absolute Gasteiger partial charge is 0.317 e. The molecule has 1 aliphatic rings. The quantitative estimate of drug-likeness (QED) is 0.827. The normalized spacial score (nSPS) is 14.1. The summed E-state index contributed by atoms with van der Waals surface area (Å²) < 4.78 is 18.9. The number of nitrogens with one attached hydrogen (secondary N) is 1. The van der Waals surface area contributed by atoms with Crippen LogP contribution in [0.5, 0.6) is 11.5 Å². The largest absolute Gasteiger partial charge is 0.508 e. The number of benzene rings is 2. The number of phenolic OH excluding ortho intramolecular Hbond substituents is 1. The molecule has 2 aromatic carbocycles. The van der Waals surface area contributed by atoms with Gasteiger partial charge in [0.05, 0.1) is 13.1 Å². The minimum atomic E-state index is -0.466. The van der Waals surface area contributed by atoms with Gasteiger partial charge in [0.15, 0.2) is 0 Å². The van der Waals surface area contributed by atoms with Crippen LogP contribution in [0.3, 0.4) is 0 Å². The predicted octanol–water partition coefficient (Wildman–Crippen LogP) is 4.07. The number of carbonyl (C=O) groups is 1. The van der Waals surface area contributed by atoms with Crippen molar-refractivity contribution >= 4 is 17.6 Å². The lowest BCUT2D eigenvalue weighted by atomic mass is 9.84. The van der Waals surface area contributed by atoms with Gasteiger partial charge < -0.3 is 20.1 Å². The zero-order valence-electron chi connectivity index (χ0n) is 15.3. The summed E-state index contributed by atoms with van der Waals surface area (Å²) in [7, 11) is 0. The molecular weight excluding hydrogens is 371 g/mol. The van der Waals surface area contributed by atoms with E-state index in [1.807, 2.05) is 13.8 Å². The Balaban J connectivity index is 1.67. The molecule has 27 heavy (non-hydrogen) atoms. The molecule has 0 saturated heterocycles. The molecule has 5 nitrogen and oxygen atoms in total. The SMILES string of the molecule is CC(C)(CNC(=O)N1CCOc2cc(O)ccc2C1)c1ccc(F)cc1Cl. The third-order valence-electron chi connectivity index (χ3n) is 4.66. The number of amides is 2. The maximum absolute atomic E-state index is 13.3. The fourth-order valence-corrected chi connectivity index (χ4v) is 3.50. The number of rotatable bonds is 3. The van der Waals surface area contributed by atoms with Crippen LogP contribution in [-0.4, -0.2) is 35.7 Å². The Hall–Kier alpha value is -2.47. The second kappa shape index (κ2) is 7.64. The van der Waals surface area contributed by atoms with Crippen LogP contribution in [-0.2, 0) is 12.0 Å². The zero-order chi connectivity index (χ0) is 19.6. The van der Waals surface area contributed by atoms with Gasteiger partial charge in [-0.05, 0) is 29.8 Å². The van der Waals surface area contributed by atoms with E-state index in [2.05, 4.69) is 5.32 Å². The Morgan fingerprint density at radius 3 is 2.85 bits per heavy atom. The summed E-state index contributed by atoms with van der Waals surface area (Å²) in [4.78, 5) is 14.3. The van der Waals surface area contributed by atoms with E-state index < -0.39 is 11.2 Å². The summed E-state index contributed by atoms with van der Waals surface area (Å²) in [6.07, 6.45) is 0. The lowest BCUT2D eigenvalue weighted by Crippen LogP contribution is -2.45. The number of nitrogens with zero attached hydrogens (tertiary/aromatic N) is 1. The highest BCUT2D eigenvalue weighted by atomic mass is 35.5. The summed E-state index contributed by atoms with van der Waals surface area (Å²) in [5, 5.41) is 12.8. The fourth-order valence-electron chi connectivity index (χ4n) is 3.07. The highest BCUT2D eigenvalue weighted by Gasteiger charge is 2.26. The highest BCUT2D eigenvalue weighted by molar-refractivity contribution is 6.31. The van der Waals surface area contributed by atoms with E-state index in [0.29, 0.717) is 37.0 Å². The molecule has 144 valence electrons. The molecule has 2 amide bonds. The second-order valence-electron chi connectivity index (χ2n) is 7.23. The van der Waals surface area contributed by atoms with Crippen LogP contribution in [0.15, 0.2) is 36.4 Å². The molecule has 0 saturated carbocycles. The minimum absolute atomic E-state index is 0.129. The molecule has 0 aromatic heterocycles. The summed E-state index contributed by atoms with van der Waals surface area (Å²) in [6, 6.07) is 8.94. The molecule has 0 unspecified atom stereocenters. The third-order valence-corrected chi connectivity index (χ3v) is 4.97. The molecule has 0 fully saturated rings. The first-order valence-electron chi connectivity index (χ1n) is 8.69. The molecule has 0 spiro atoms. The van der Waals surface area contributed by atoms with Gasteiger partial charge in [0.25, 0.3) is 0 Å². The number of carbonyl (C=O) groups excluding carboxylic acids is 1. The van der Waals surface area contributed by atoms with Crippen molar-refractivity contribution < 1.29 is 19.0 Å². The lowest BCUT2D eigenvalue weighted by Gasteiger charge is -2.29. The Morgan fingerprint density at radius 1 is 1.33 bits per heavy atom. The van der Waals surface area contributed by atoms with Gasteiger partial charge in [0.2, 0.25) is 0 Å². The van der Waals surface area contributed by atoms with Crippen LogP contribution in [0.25, 0.3) is 0 Å². The van der Waals surface area contributed by atoms with E-state index in [1.165, 1.54) is 12.1 Å². The van der Waals surface area contributed by atoms with Crippen molar-refractivity contribution in [1.82, 2.24) is 10.2 Å². The molecule has 0 bridgehead atoms.